The molecule has 9 heteroatoms. The smallest absolute Gasteiger partial charge is 0.475 e. The maximum atomic E-state index is 10.8. The van der Waals surface area contributed by atoms with Gasteiger partial charge in [-0.15, -0.1) is 0 Å². The summed E-state index contributed by atoms with van der Waals surface area (Å²) >= 11 is 0. The minimum Gasteiger partial charge on any atom is -0.475 e. The Balaban J connectivity index is 0.000000279. The van der Waals surface area contributed by atoms with Gasteiger partial charge in [-0.25, -0.2) is 4.79 Å². The Morgan fingerprint density at radius 3 is 2.54 bits per heavy atom. The summed E-state index contributed by atoms with van der Waals surface area (Å²) < 4.78 is 31.7. The largest absolute Gasteiger partial charge is 0.490 e. The number of benzene rings is 1. The van der Waals surface area contributed by atoms with Crippen molar-refractivity contribution in [3.8, 4) is 0 Å². The highest BCUT2D eigenvalue weighted by molar-refractivity contribution is 5.73. The molecule has 0 saturated heterocycles. The van der Waals surface area contributed by atoms with E-state index in [0.717, 1.165) is 35.8 Å². The quantitative estimate of drug-likeness (QED) is 0.585. The van der Waals surface area contributed by atoms with Crippen LogP contribution in [0.5, 0.6) is 0 Å². The number of nitrogens with zero attached hydrogens (tertiary/aromatic N) is 1. The lowest BCUT2D eigenvalue weighted by atomic mass is 9.79. The summed E-state index contributed by atoms with van der Waals surface area (Å²) in [5, 5.41) is 21.6. The first-order chi connectivity index (χ1) is 13.2. The molecule has 0 heterocycles. The maximum absolute atomic E-state index is 10.8. The lowest BCUT2D eigenvalue weighted by Gasteiger charge is -2.32. The van der Waals surface area contributed by atoms with E-state index in [1.165, 1.54) is 32.1 Å². The van der Waals surface area contributed by atoms with Crippen molar-refractivity contribution in [2.24, 2.45) is 23.7 Å². The number of nitrogens with one attached hydrogen (secondary N) is 1. The van der Waals surface area contributed by atoms with Crippen LogP contribution in [-0.2, 0) is 11.3 Å². The van der Waals surface area contributed by atoms with Gasteiger partial charge in [-0.1, -0.05) is 18.6 Å². The van der Waals surface area contributed by atoms with Crippen LogP contribution >= 0.6 is 0 Å². The number of rotatable bonds is 4. The second kappa shape index (κ2) is 8.06. The average Bonchev–Trinajstić information content (AvgIpc) is 3.33. The molecule has 2 N–H and O–H groups in total. The molecule has 3 aliphatic rings. The van der Waals surface area contributed by atoms with Crippen molar-refractivity contribution in [2.45, 2.75) is 50.9 Å². The van der Waals surface area contributed by atoms with E-state index < -0.39 is 12.1 Å². The van der Waals surface area contributed by atoms with Gasteiger partial charge in [0, 0.05) is 24.7 Å². The molecule has 0 radical (unpaired) electrons. The first-order valence-electron chi connectivity index (χ1n) is 9.43. The number of nitro benzene ring substituents is 1. The number of halogens is 3. The molecule has 28 heavy (non-hydrogen) atoms. The van der Waals surface area contributed by atoms with Crippen molar-refractivity contribution < 1.29 is 28.0 Å². The molecule has 0 spiro atoms. The minimum absolute atomic E-state index is 0.193. The summed E-state index contributed by atoms with van der Waals surface area (Å²) in [6, 6.07) is 7.64. The molecule has 3 saturated carbocycles. The molecule has 154 valence electrons. The molecule has 5 atom stereocenters. The van der Waals surface area contributed by atoms with Gasteiger partial charge in [0.2, 0.25) is 0 Å². The third-order valence-electron chi connectivity index (χ3n) is 6.36. The topological polar surface area (TPSA) is 92.5 Å². The van der Waals surface area contributed by atoms with E-state index in [-0.39, 0.29) is 10.6 Å². The number of aliphatic carboxylic acids is 1. The maximum Gasteiger partial charge on any atom is 0.490 e. The third kappa shape index (κ3) is 4.45. The molecular formula is C19H23F3N2O4. The fourth-order valence-corrected chi connectivity index (χ4v) is 5.33. The summed E-state index contributed by atoms with van der Waals surface area (Å²) in [4.78, 5) is 19.4. The van der Waals surface area contributed by atoms with Crippen LogP contribution in [0.3, 0.4) is 0 Å². The third-order valence-corrected chi connectivity index (χ3v) is 6.36. The van der Waals surface area contributed by atoms with Gasteiger partial charge in [0.1, 0.15) is 0 Å². The van der Waals surface area contributed by atoms with Crippen molar-refractivity contribution in [2.75, 3.05) is 0 Å². The standard InChI is InChI=1S/C17H22N2O2.C2HF3O2/c20-19(21)13-4-1-3-11(7-13)10-18-17-9-12-8-16(17)15-6-2-5-14(12)15;3-2(4,5)1(6)7/h1,3-4,7,12,14-18H,2,5-6,8-10H2;(H,6,7). The summed E-state index contributed by atoms with van der Waals surface area (Å²) in [5.41, 5.74) is 1.22. The Bertz CT molecular complexity index is 740. The van der Waals surface area contributed by atoms with E-state index >= 15 is 0 Å². The first-order valence-corrected chi connectivity index (χ1v) is 9.43. The van der Waals surface area contributed by atoms with Gasteiger partial charge in [0.05, 0.1) is 4.92 Å². The normalized spacial score (nSPS) is 30.5. The Kier molecular flexibility index (Phi) is 5.92. The molecule has 6 nitrogen and oxygen atoms in total. The van der Waals surface area contributed by atoms with Crippen LogP contribution in [0.25, 0.3) is 0 Å². The van der Waals surface area contributed by atoms with Crippen LogP contribution in [0, 0.1) is 33.8 Å². The van der Waals surface area contributed by atoms with Gasteiger partial charge < -0.3 is 10.4 Å². The van der Waals surface area contributed by atoms with E-state index in [4.69, 9.17) is 9.90 Å². The molecule has 0 aliphatic heterocycles. The second-order valence-corrected chi connectivity index (χ2v) is 7.87. The van der Waals surface area contributed by atoms with Gasteiger partial charge in [0.25, 0.3) is 5.69 Å². The number of carboxylic acid groups (broad SMARTS) is 1. The van der Waals surface area contributed by atoms with Gasteiger partial charge >= 0.3 is 12.1 Å². The summed E-state index contributed by atoms with van der Waals surface area (Å²) in [5.74, 6) is 1.04. The molecular weight excluding hydrogens is 377 g/mol. The Labute approximate surface area is 160 Å². The minimum atomic E-state index is -5.08. The number of carbonyl (C=O) groups is 1. The van der Waals surface area contributed by atoms with E-state index in [2.05, 4.69) is 5.32 Å². The monoisotopic (exact) mass is 400 g/mol. The summed E-state index contributed by atoms with van der Waals surface area (Å²) in [6.45, 7) is 0.757. The van der Waals surface area contributed by atoms with Crippen LogP contribution in [0.2, 0.25) is 0 Å². The number of alkyl halides is 3. The molecule has 1 aromatic carbocycles. The van der Waals surface area contributed by atoms with Crippen molar-refractivity contribution in [3.63, 3.8) is 0 Å². The molecule has 3 fully saturated rings. The zero-order valence-corrected chi connectivity index (χ0v) is 15.2. The Morgan fingerprint density at radius 1 is 1.21 bits per heavy atom. The number of hydrogen-bond donors (Lipinski definition) is 2. The number of fused-ring (bicyclic) bond motifs is 5. The SMILES string of the molecule is O=C(O)C(F)(F)F.O=[N+]([O-])c1cccc(CNC2CC3CC2C2CCCC32)c1. The van der Waals surface area contributed by atoms with Crippen molar-refractivity contribution in [1.82, 2.24) is 5.32 Å². The molecule has 1 aromatic rings. The Morgan fingerprint density at radius 2 is 1.89 bits per heavy atom. The fraction of sp³-hybridized carbons (Fsp3) is 0.632. The summed E-state index contributed by atoms with van der Waals surface area (Å²) in [6.07, 6.45) is 1.98. The van der Waals surface area contributed by atoms with E-state index in [0.29, 0.717) is 6.04 Å². The second-order valence-electron chi connectivity index (χ2n) is 7.87. The highest BCUT2D eigenvalue weighted by atomic mass is 19.4. The van der Waals surface area contributed by atoms with Gasteiger partial charge in [-0.3, -0.25) is 10.1 Å². The average molecular weight is 400 g/mol. The number of non-ortho nitro benzene ring substituents is 1. The lowest BCUT2D eigenvalue weighted by molar-refractivity contribution is -0.384. The molecule has 3 aliphatic carbocycles. The van der Waals surface area contributed by atoms with E-state index in [1.54, 1.807) is 18.2 Å². The number of nitro groups is 1. The van der Waals surface area contributed by atoms with E-state index in [9.17, 15) is 23.3 Å². The highest BCUT2D eigenvalue weighted by Gasteiger charge is 2.53. The molecule has 5 unspecified atom stereocenters. The van der Waals surface area contributed by atoms with Crippen LogP contribution < -0.4 is 5.32 Å². The number of hydrogen-bond acceptors (Lipinski definition) is 4. The summed E-state index contributed by atoms with van der Waals surface area (Å²) in [7, 11) is 0. The zero-order chi connectivity index (χ0) is 20.5. The zero-order valence-electron chi connectivity index (χ0n) is 15.2. The van der Waals surface area contributed by atoms with E-state index in [1.807, 2.05) is 6.07 Å². The molecule has 2 bridgehead atoms. The van der Waals surface area contributed by atoms with Crippen LogP contribution in [0.15, 0.2) is 24.3 Å². The van der Waals surface area contributed by atoms with Crippen molar-refractivity contribution in [3.05, 3.63) is 39.9 Å². The number of carboxylic acids is 1. The molecule has 0 amide bonds. The lowest BCUT2D eigenvalue weighted by Crippen LogP contribution is -2.38. The predicted molar refractivity (Wildman–Crippen MR) is 94.5 cm³/mol. The van der Waals surface area contributed by atoms with Gasteiger partial charge in [-0.2, -0.15) is 13.2 Å². The first kappa shape index (κ1) is 20.6. The van der Waals surface area contributed by atoms with Gasteiger partial charge in [0.15, 0.2) is 0 Å². The van der Waals surface area contributed by atoms with Crippen LogP contribution in [0.1, 0.15) is 37.7 Å². The van der Waals surface area contributed by atoms with Crippen LogP contribution in [0.4, 0.5) is 18.9 Å². The Hall–Kier alpha value is -2.16. The fourth-order valence-electron chi connectivity index (χ4n) is 5.33. The van der Waals surface area contributed by atoms with Crippen molar-refractivity contribution in [1.29, 1.82) is 0 Å². The van der Waals surface area contributed by atoms with Crippen LogP contribution in [-0.4, -0.2) is 28.2 Å². The predicted octanol–water partition coefficient (Wildman–Crippen LogP) is 4.14. The molecule has 4 rings (SSSR count). The van der Waals surface area contributed by atoms with Crippen molar-refractivity contribution >= 4 is 11.7 Å². The van der Waals surface area contributed by atoms with Gasteiger partial charge in [-0.05, 0) is 54.9 Å². The molecule has 0 aromatic heterocycles. The highest BCUT2D eigenvalue weighted by Crippen LogP contribution is 2.58.